The molecule has 4 rings (SSSR count). The van der Waals surface area contributed by atoms with Gasteiger partial charge in [-0.15, -0.1) is 16.2 Å². The summed E-state index contributed by atoms with van der Waals surface area (Å²) in [4.78, 5) is 17.7. The molecule has 130 valence electrons. The molecule has 0 N–H and O–H groups in total. The normalized spacial score (nSPS) is 21.6. The third-order valence-electron chi connectivity index (χ3n) is 4.26. The molecule has 0 unspecified atom stereocenters. The van der Waals surface area contributed by atoms with Crippen LogP contribution >= 0.6 is 11.8 Å². The number of sulfonamides is 1. The van der Waals surface area contributed by atoms with Crippen molar-refractivity contribution in [3.05, 3.63) is 48.2 Å². The number of carbonyl (C=O) groups is 1. The molecule has 25 heavy (non-hydrogen) atoms. The van der Waals surface area contributed by atoms with Gasteiger partial charge in [-0.05, 0) is 36.5 Å². The molecule has 0 saturated heterocycles. The minimum absolute atomic E-state index is 0.0362. The van der Waals surface area contributed by atoms with Gasteiger partial charge in [0.15, 0.2) is 0 Å². The van der Waals surface area contributed by atoms with Crippen molar-refractivity contribution in [3.8, 4) is 0 Å². The van der Waals surface area contributed by atoms with Gasteiger partial charge < -0.3 is 9.80 Å². The zero-order chi connectivity index (χ0) is 17.4. The lowest BCUT2D eigenvalue weighted by Gasteiger charge is -2.29. The lowest BCUT2D eigenvalue weighted by molar-refractivity contribution is -0.114. The van der Waals surface area contributed by atoms with Gasteiger partial charge >= 0.3 is 0 Å². The van der Waals surface area contributed by atoms with Crippen LogP contribution in [0.2, 0.25) is 0 Å². The Labute approximate surface area is 151 Å². The number of amides is 1. The Kier molecular flexibility index (Phi) is 4.16. The Morgan fingerprint density at radius 3 is 2.88 bits per heavy atom. The zero-order valence-electron chi connectivity index (χ0n) is 13.5. The van der Waals surface area contributed by atoms with Gasteiger partial charge in [0.05, 0.1) is 17.0 Å². The average molecular weight is 375 g/mol. The molecule has 6 nitrogen and oxygen atoms in total. The highest BCUT2D eigenvalue weighted by Crippen LogP contribution is 2.34. The van der Waals surface area contributed by atoms with Crippen LogP contribution < -0.4 is 4.90 Å². The van der Waals surface area contributed by atoms with Crippen LogP contribution in [0.3, 0.4) is 0 Å². The highest BCUT2D eigenvalue weighted by molar-refractivity contribution is 7.99. The summed E-state index contributed by atoms with van der Waals surface area (Å²) in [6.45, 7) is 0.984. The van der Waals surface area contributed by atoms with Crippen molar-refractivity contribution >= 4 is 39.2 Å². The van der Waals surface area contributed by atoms with E-state index in [2.05, 4.69) is 4.40 Å². The molecule has 3 heterocycles. The predicted molar refractivity (Wildman–Crippen MR) is 99.3 cm³/mol. The number of fused-ring (bicyclic) bond motifs is 2. The second kappa shape index (κ2) is 6.34. The van der Waals surface area contributed by atoms with Gasteiger partial charge in [0.25, 0.3) is 15.9 Å². The largest absolute Gasteiger partial charge is 0.330 e. The van der Waals surface area contributed by atoms with Crippen LogP contribution in [0, 0.1) is 0 Å². The maximum Gasteiger partial charge on any atom is 0.259 e. The third kappa shape index (κ3) is 3.23. The van der Waals surface area contributed by atoms with E-state index in [1.165, 1.54) is 0 Å². The van der Waals surface area contributed by atoms with Crippen LogP contribution in [0.25, 0.3) is 0 Å². The smallest absolute Gasteiger partial charge is 0.259 e. The monoisotopic (exact) mass is 375 g/mol. The van der Waals surface area contributed by atoms with E-state index in [0.29, 0.717) is 24.5 Å². The van der Waals surface area contributed by atoms with E-state index in [1.807, 2.05) is 29.2 Å². The van der Waals surface area contributed by atoms with Crippen molar-refractivity contribution < 1.29 is 13.2 Å². The van der Waals surface area contributed by atoms with Crippen LogP contribution in [-0.4, -0.2) is 49.7 Å². The van der Waals surface area contributed by atoms with E-state index in [0.717, 1.165) is 22.8 Å². The molecule has 1 aromatic rings. The standard InChI is InChI=1S/C17H17N3O3S2/c21-17(20-8-3-10-24-15-5-2-1-4-14(15)20)13-6-7-16-18-25(22,23)11-9-19(16)12-13/h1-2,4-7,12H,3,8-11H2. The summed E-state index contributed by atoms with van der Waals surface area (Å²) in [5, 5.41) is 0. The van der Waals surface area contributed by atoms with E-state index in [9.17, 15) is 13.2 Å². The zero-order valence-corrected chi connectivity index (χ0v) is 15.1. The summed E-state index contributed by atoms with van der Waals surface area (Å²) < 4.78 is 26.9. The van der Waals surface area contributed by atoms with Crippen LogP contribution in [0.1, 0.15) is 6.42 Å². The number of hydrogen-bond acceptors (Lipinski definition) is 5. The number of amidine groups is 1. The fourth-order valence-corrected chi connectivity index (χ4v) is 4.99. The summed E-state index contributed by atoms with van der Waals surface area (Å²) in [5.41, 5.74) is 1.48. The Bertz CT molecular complexity index is 919. The number of rotatable bonds is 1. The van der Waals surface area contributed by atoms with Gasteiger partial charge in [0.2, 0.25) is 0 Å². The van der Waals surface area contributed by atoms with Crippen LogP contribution in [-0.2, 0) is 14.8 Å². The minimum atomic E-state index is -3.39. The Morgan fingerprint density at radius 2 is 2.00 bits per heavy atom. The van der Waals surface area contributed by atoms with Gasteiger partial charge in [0.1, 0.15) is 5.84 Å². The predicted octanol–water partition coefficient (Wildman–Crippen LogP) is 2.01. The van der Waals surface area contributed by atoms with Crippen molar-refractivity contribution in [2.75, 3.05) is 29.5 Å². The first-order chi connectivity index (χ1) is 12.0. The first-order valence-electron chi connectivity index (χ1n) is 8.06. The molecular weight excluding hydrogens is 358 g/mol. The number of para-hydroxylation sites is 1. The summed E-state index contributed by atoms with van der Waals surface area (Å²) in [7, 11) is -3.39. The number of hydrogen-bond donors (Lipinski definition) is 0. The maximum absolute atomic E-state index is 13.1. The number of nitrogens with zero attached hydrogens (tertiary/aromatic N) is 3. The molecule has 0 aliphatic carbocycles. The topological polar surface area (TPSA) is 70.0 Å². The van der Waals surface area contributed by atoms with E-state index in [1.54, 1.807) is 35.0 Å². The molecule has 0 spiro atoms. The van der Waals surface area contributed by atoms with E-state index < -0.39 is 10.0 Å². The first kappa shape index (κ1) is 16.4. The third-order valence-corrected chi connectivity index (χ3v) is 6.57. The van der Waals surface area contributed by atoms with Crippen LogP contribution in [0.5, 0.6) is 0 Å². The number of benzene rings is 1. The van der Waals surface area contributed by atoms with Crippen LogP contribution in [0.15, 0.2) is 57.5 Å². The van der Waals surface area contributed by atoms with Crippen LogP contribution in [0.4, 0.5) is 5.69 Å². The second-order valence-electron chi connectivity index (χ2n) is 5.97. The number of thioether (sulfide) groups is 1. The van der Waals surface area contributed by atoms with Gasteiger partial charge in [-0.1, -0.05) is 12.1 Å². The first-order valence-corrected chi connectivity index (χ1v) is 10.7. The van der Waals surface area contributed by atoms with Gasteiger partial charge in [0, 0.05) is 24.2 Å². The molecule has 0 fully saturated rings. The Balaban J connectivity index is 1.65. The van der Waals surface area contributed by atoms with Gasteiger partial charge in [-0.25, -0.2) is 8.42 Å². The molecule has 0 atom stereocenters. The van der Waals surface area contributed by atoms with Crippen molar-refractivity contribution in [2.24, 2.45) is 4.40 Å². The molecule has 8 heteroatoms. The molecule has 0 radical (unpaired) electrons. The maximum atomic E-state index is 13.1. The SMILES string of the molecule is O=C(C1=CN2CCS(=O)(=O)N=C2C=C1)N1CCCSc2ccccc21. The average Bonchev–Trinajstić information content (AvgIpc) is 2.82. The quantitative estimate of drug-likeness (QED) is 0.751. The minimum Gasteiger partial charge on any atom is -0.330 e. The Hall–Kier alpha value is -2.06. The fourth-order valence-electron chi connectivity index (χ4n) is 3.02. The van der Waals surface area contributed by atoms with E-state index in [4.69, 9.17) is 0 Å². The van der Waals surface area contributed by atoms with Crippen molar-refractivity contribution in [3.63, 3.8) is 0 Å². The summed E-state index contributed by atoms with van der Waals surface area (Å²) in [6, 6.07) is 7.93. The van der Waals surface area contributed by atoms with Crippen molar-refractivity contribution in [2.45, 2.75) is 11.3 Å². The highest BCUT2D eigenvalue weighted by Gasteiger charge is 2.28. The molecule has 1 amide bonds. The van der Waals surface area contributed by atoms with E-state index >= 15 is 0 Å². The van der Waals surface area contributed by atoms with Crippen molar-refractivity contribution in [1.29, 1.82) is 0 Å². The molecule has 0 aromatic heterocycles. The van der Waals surface area contributed by atoms with Crippen molar-refractivity contribution in [1.82, 2.24) is 4.90 Å². The molecule has 3 aliphatic heterocycles. The second-order valence-corrected chi connectivity index (χ2v) is 8.86. The number of carbonyl (C=O) groups excluding carboxylic acids is 1. The molecule has 0 saturated carbocycles. The molecule has 3 aliphatic rings. The summed E-state index contributed by atoms with van der Waals surface area (Å²) >= 11 is 1.77. The lowest BCUT2D eigenvalue weighted by Crippen LogP contribution is -2.39. The molecular formula is C17H17N3O3S2. The lowest BCUT2D eigenvalue weighted by atomic mass is 10.1. The highest BCUT2D eigenvalue weighted by atomic mass is 32.2. The summed E-state index contributed by atoms with van der Waals surface area (Å²) in [6.07, 6.45) is 5.88. The van der Waals surface area contributed by atoms with Gasteiger partial charge in [-0.3, -0.25) is 4.79 Å². The van der Waals surface area contributed by atoms with Gasteiger partial charge in [-0.2, -0.15) is 0 Å². The Morgan fingerprint density at radius 1 is 1.16 bits per heavy atom. The fraction of sp³-hybridized carbons (Fsp3) is 0.294. The number of anilines is 1. The summed E-state index contributed by atoms with van der Waals surface area (Å²) in [5.74, 6) is 1.25. The molecule has 0 bridgehead atoms. The van der Waals surface area contributed by atoms with E-state index in [-0.39, 0.29) is 11.7 Å². The molecule has 1 aromatic carbocycles.